The van der Waals surface area contributed by atoms with E-state index in [2.05, 4.69) is 10.4 Å². The number of carbonyl (C=O) groups is 1. The summed E-state index contributed by atoms with van der Waals surface area (Å²) in [5.74, 6) is 0.424. The molecule has 110 valence electrons. The zero-order valence-electron chi connectivity index (χ0n) is 11.3. The highest BCUT2D eigenvalue weighted by Gasteiger charge is 2.26. The number of rotatable bonds is 4. The quantitative estimate of drug-likeness (QED) is 0.910. The summed E-state index contributed by atoms with van der Waals surface area (Å²) in [6.07, 6.45) is 4.74. The highest BCUT2D eigenvalue weighted by atomic mass is 35.5. The van der Waals surface area contributed by atoms with Crippen LogP contribution in [0, 0.1) is 5.92 Å². The molecule has 0 saturated carbocycles. The lowest BCUT2D eigenvalue weighted by Crippen LogP contribution is -2.36. The number of hydrogen-bond acceptors (Lipinski definition) is 3. The van der Waals surface area contributed by atoms with Crippen LogP contribution in [0.15, 0.2) is 12.4 Å². The third kappa shape index (κ3) is 4.67. The lowest BCUT2D eigenvalue weighted by atomic mass is 10.1. The highest BCUT2D eigenvalue weighted by Crippen LogP contribution is 2.13. The third-order valence-corrected chi connectivity index (χ3v) is 3.23. The summed E-state index contributed by atoms with van der Waals surface area (Å²) >= 11 is 0. The predicted octanol–water partition coefficient (Wildman–Crippen LogP) is 1.22. The highest BCUT2D eigenvalue weighted by molar-refractivity contribution is 5.85. The maximum atomic E-state index is 12.2. The molecule has 2 rings (SSSR count). The van der Waals surface area contributed by atoms with Gasteiger partial charge in [0.05, 0.1) is 12.1 Å². The molecule has 1 aliphatic heterocycles. The summed E-state index contributed by atoms with van der Waals surface area (Å²) in [5, 5.41) is 7.36. The molecule has 0 radical (unpaired) electrons. The van der Waals surface area contributed by atoms with Crippen LogP contribution in [-0.4, -0.2) is 40.2 Å². The molecule has 1 aliphatic rings. The van der Waals surface area contributed by atoms with Crippen molar-refractivity contribution in [3.63, 3.8) is 0 Å². The Balaban J connectivity index is 0.00000162. The van der Waals surface area contributed by atoms with Gasteiger partial charge in [0, 0.05) is 38.4 Å². The molecule has 0 aliphatic carbocycles. The normalized spacial score (nSPS) is 17.5. The van der Waals surface area contributed by atoms with Crippen molar-refractivity contribution in [1.29, 1.82) is 0 Å². The van der Waals surface area contributed by atoms with Crippen molar-refractivity contribution in [2.24, 2.45) is 13.0 Å². The summed E-state index contributed by atoms with van der Waals surface area (Å²) in [7, 11) is 1.89. The summed E-state index contributed by atoms with van der Waals surface area (Å²) in [4.78, 5) is 14.2. The second-order valence-electron chi connectivity index (χ2n) is 4.56. The first-order valence-electron chi connectivity index (χ1n) is 6.17. The zero-order valence-corrected chi connectivity index (χ0v) is 13.0. The molecule has 1 amide bonds. The van der Waals surface area contributed by atoms with Gasteiger partial charge in [0.1, 0.15) is 0 Å². The Labute approximate surface area is 126 Å². The minimum absolute atomic E-state index is 0. The van der Waals surface area contributed by atoms with Crippen LogP contribution in [-0.2, 0) is 18.4 Å². The van der Waals surface area contributed by atoms with E-state index in [0.717, 1.165) is 31.6 Å². The van der Waals surface area contributed by atoms with Crippen molar-refractivity contribution in [1.82, 2.24) is 20.0 Å². The molecule has 5 nitrogen and oxygen atoms in total. The fourth-order valence-electron chi connectivity index (χ4n) is 2.24. The Bertz CT molecular complexity index is 391. The smallest absolute Gasteiger partial charge is 0.227 e. The van der Waals surface area contributed by atoms with Crippen LogP contribution >= 0.6 is 24.8 Å². The number of nitrogens with zero attached hydrogens (tertiary/aromatic N) is 3. The van der Waals surface area contributed by atoms with Crippen molar-refractivity contribution in [3.05, 3.63) is 18.0 Å². The topological polar surface area (TPSA) is 50.2 Å². The number of aromatic nitrogens is 2. The van der Waals surface area contributed by atoms with Crippen LogP contribution in [0.3, 0.4) is 0 Å². The molecule has 1 atom stereocenters. The first kappa shape index (κ1) is 18.2. The second kappa shape index (κ2) is 8.40. The monoisotopic (exact) mass is 308 g/mol. The second-order valence-corrected chi connectivity index (χ2v) is 4.56. The first-order valence-corrected chi connectivity index (χ1v) is 6.17. The van der Waals surface area contributed by atoms with Gasteiger partial charge in [-0.15, -0.1) is 24.8 Å². The standard InChI is InChI=1S/C12H20N4O.2ClH/c1-3-16(9-10-6-14-15(2)8-10)12(17)11-4-5-13-7-11;;/h6,8,11,13H,3-5,7,9H2,1-2H3;2*1H. The Morgan fingerprint density at radius 2 is 2.32 bits per heavy atom. The molecular formula is C12H22Cl2N4O. The van der Waals surface area contributed by atoms with Crippen molar-refractivity contribution in [2.75, 3.05) is 19.6 Å². The van der Waals surface area contributed by atoms with Gasteiger partial charge in [0.25, 0.3) is 0 Å². The van der Waals surface area contributed by atoms with Gasteiger partial charge in [-0.1, -0.05) is 0 Å². The average molecular weight is 309 g/mol. The van der Waals surface area contributed by atoms with E-state index in [0.29, 0.717) is 6.54 Å². The van der Waals surface area contributed by atoms with Crippen molar-refractivity contribution >= 4 is 30.7 Å². The molecular weight excluding hydrogens is 287 g/mol. The minimum atomic E-state index is 0. The molecule has 19 heavy (non-hydrogen) atoms. The van der Waals surface area contributed by atoms with Gasteiger partial charge in [-0.3, -0.25) is 9.48 Å². The summed E-state index contributed by atoms with van der Waals surface area (Å²) in [5.41, 5.74) is 1.09. The lowest BCUT2D eigenvalue weighted by molar-refractivity contribution is -0.135. The molecule has 0 aromatic carbocycles. The molecule has 1 saturated heterocycles. The maximum Gasteiger partial charge on any atom is 0.227 e. The van der Waals surface area contributed by atoms with Gasteiger partial charge in [-0.25, -0.2) is 0 Å². The Kier molecular flexibility index (Phi) is 8.06. The van der Waals surface area contributed by atoms with Crippen LogP contribution < -0.4 is 5.32 Å². The molecule has 1 aromatic rings. The number of aryl methyl sites for hydroxylation is 1. The van der Waals surface area contributed by atoms with Gasteiger partial charge >= 0.3 is 0 Å². The van der Waals surface area contributed by atoms with Crippen LogP contribution in [0.2, 0.25) is 0 Å². The summed E-state index contributed by atoms with van der Waals surface area (Å²) < 4.78 is 1.77. The maximum absolute atomic E-state index is 12.2. The Morgan fingerprint density at radius 3 is 2.79 bits per heavy atom. The van der Waals surface area contributed by atoms with E-state index in [4.69, 9.17) is 0 Å². The number of carbonyl (C=O) groups excluding carboxylic acids is 1. The first-order chi connectivity index (χ1) is 8.20. The zero-order chi connectivity index (χ0) is 12.3. The fraction of sp³-hybridized carbons (Fsp3) is 0.667. The van der Waals surface area contributed by atoms with Crippen molar-refractivity contribution < 1.29 is 4.79 Å². The van der Waals surface area contributed by atoms with Gasteiger partial charge in [-0.05, 0) is 19.9 Å². The molecule has 1 fully saturated rings. The molecule has 0 spiro atoms. The van der Waals surface area contributed by atoms with Gasteiger partial charge in [0.15, 0.2) is 0 Å². The number of amides is 1. The van der Waals surface area contributed by atoms with E-state index in [1.165, 1.54) is 0 Å². The van der Waals surface area contributed by atoms with E-state index >= 15 is 0 Å². The van der Waals surface area contributed by atoms with Crippen LogP contribution in [0.1, 0.15) is 18.9 Å². The van der Waals surface area contributed by atoms with E-state index in [1.807, 2.05) is 31.3 Å². The number of nitrogens with one attached hydrogen (secondary N) is 1. The van der Waals surface area contributed by atoms with Crippen molar-refractivity contribution in [2.45, 2.75) is 19.9 Å². The van der Waals surface area contributed by atoms with Crippen LogP contribution in [0.5, 0.6) is 0 Å². The van der Waals surface area contributed by atoms with Gasteiger partial charge in [-0.2, -0.15) is 5.10 Å². The molecule has 1 unspecified atom stereocenters. The lowest BCUT2D eigenvalue weighted by Gasteiger charge is -2.23. The van der Waals surface area contributed by atoms with E-state index in [1.54, 1.807) is 4.68 Å². The summed E-state index contributed by atoms with van der Waals surface area (Å²) in [6.45, 7) is 5.23. The van der Waals surface area contributed by atoms with Crippen molar-refractivity contribution in [3.8, 4) is 0 Å². The van der Waals surface area contributed by atoms with Gasteiger partial charge in [0.2, 0.25) is 5.91 Å². The molecule has 1 aromatic heterocycles. The largest absolute Gasteiger partial charge is 0.338 e. The number of halogens is 2. The molecule has 7 heteroatoms. The van der Waals surface area contributed by atoms with Crippen LogP contribution in [0.25, 0.3) is 0 Å². The molecule has 0 bridgehead atoms. The van der Waals surface area contributed by atoms with Crippen LogP contribution in [0.4, 0.5) is 0 Å². The molecule has 2 heterocycles. The summed E-state index contributed by atoms with van der Waals surface area (Å²) in [6, 6.07) is 0. The Morgan fingerprint density at radius 1 is 1.58 bits per heavy atom. The SMILES string of the molecule is CCN(Cc1cnn(C)c1)C(=O)C1CCNC1.Cl.Cl. The van der Waals surface area contributed by atoms with E-state index in [-0.39, 0.29) is 36.6 Å². The number of hydrogen-bond donors (Lipinski definition) is 1. The van der Waals surface area contributed by atoms with E-state index < -0.39 is 0 Å². The predicted molar refractivity (Wildman–Crippen MR) is 79.8 cm³/mol. The van der Waals surface area contributed by atoms with E-state index in [9.17, 15) is 4.79 Å². The average Bonchev–Trinajstić information content (AvgIpc) is 2.96. The fourth-order valence-corrected chi connectivity index (χ4v) is 2.24. The molecule has 1 N–H and O–H groups in total. The third-order valence-electron chi connectivity index (χ3n) is 3.23. The minimum Gasteiger partial charge on any atom is -0.338 e. The van der Waals surface area contributed by atoms with Gasteiger partial charge < -0.3 is 10.2 Å². The Hall–Kier alpha value is -0.780.